The smallest absolute Gasteiger partial charge is 0.246 e. The summed E-state index contributed by atoms with van der Waals surface area (Å²) >= 11 is 0. The maximum absolute atomic E-state index is 13.1. The monoisotopic (exact) mass is 410 g/mol. The fourth-order valence-electron chi connectivity index (χ4n) is 3.46. The molecule has 2 amide bonds. The molecule has 1 fully saturated rings. The predicted molar refractivity (Wildman–Crippen MR) is 111 cm³/mol. The van der Waals surface area contributed by atoms with Crippen LogP contribution in [-0.4, -0.2) is 71.4 Å². The molecule has 2 aliphatic rings. The first kappa shape index (κ1) is 20.0. The van der Waals surface area contributed by atoms with Crippen molar-refractivity contribution < 1.29 is 14.0 Å². The van der Waals surface area contributed by atoms with Gasteiger partial charge in [0.25, 0.3) is 0 Å². The second kappa shape index (κ2) is 8.19. The van der Waals surface area contributed by atoms with Crippen molar-refractivity contribution in [2.75, 3.05) is 43.9 Å². The predicted octanol–water partition coefficient (Wildman–Crippen LogP) is 1.58. The van der Waals surface area contributed by atoms with E-state index in [1.165, 1.54) is 12.1 Å². The Morgan fingerprint density at radius 2 is 2.03 bits per heavy atom. The van der Waals surface area contributed by atoms with Crippen LogP contribution in [0.4, 0.5) is 21.8 Å². The van der Waals surface area contributed by atoms with E-state index in [4.69, 9.17) is 0 Å². The van der Waals surface area contributed by atoms with Crippen LogP contribution in [0, 0.1) is 5.82 Å². The number of carbonyl (C=O) groups is 2. The molecule has 1 saturated heterocycles. The normalized spacial score (nSPS) is 16.3. The summed E-state index contributed by atoms with van der Waals surface area (Å²) in [4.78, 5) is 38.9. The van der Waals surface area contributed by atoms with Gasteiger partial charge >= 0.3 is 0 Å². The van der Waals surface area contributed by atoms with Crippen molar-refractivity contribution in [1.29, 1.82) is 0 Å². The van der Waals surface area contributed by atoms with Crippen molar-refractivity contribution in [2.24, 2.45) is 0 Å². The number of nitrogens with zero attached hydrogens (tertiary/aromatic N) is 5. The van der Waals surface area contributed by atoms with Crippen LogP contribution in [0.1, 0.15) is 5.56 Å². The molecule has 156 valence electrons. The number of fused-ring (bicyclic) bond motifs is 1. The van der Waals surface area contributed by atoms with Gasteiger partial charge in [0.2, 0.25) is 17.8 Å². The van der Waals surface area contributed by atoms with E-state index < -0.39 is 0 Å². The molecule has 0 spiro atoms. The lowest BCUT2D eigenvalue weighted by molar-refractivity contribution is -0.131. The van der Waals surface area contributed by atoms with Gasteiger partial charge in [-0.05, 0) is 38.4 Å². The lowest BCUT2D eigenvalue weighted by Gasteiger charge is -2.43. The van der Waals surface area contributed by atoms with Crippen LogP contribution in [0.15, 0.2) is 42.6 Å². The van der Waals surface area contributed by atoms with Crippen molar-refractivity contribution in [3.63, 3.8) is 0 Å². The van der Waals surface area contributed by atoms with Crippen LogP contribution in [0.2, 0.25) is 0 Å². The molecule has 3 heterocycles. The third-order valence-electron chi connectivity index (χ3n) is 5.05. The first-order chi connectivity index (χ1) is 14.4. The summed E-state index contributed by atoms with van der Waals surface area (Å²) in [6.07, 6.45) is 5.28. The van der Waals surface area contributed by atoms with Crippen LogP contribution < -0.4 is 10.2 Å². The van der Waals surface area contributed by atoms with E-state index in [2.05, 4.69) is 15.3 Å². The Hall–Kier alpha value is -3.33. The Balaban J connectivity index is 1.43. The molecule has 0 saturated carbocycles. The highest BCUT2D eigenvalue weighted by molar-refractivity contribution is 6.01. The first-order valence-electron chi connectivity index (χ1n) is 9.71. The van der Waals surface area contributed by atoms with Gasteiger partial charge in [-0.1, -0.05) is 6.08 Å². The van der Waals surface area contributed by atoms with E-state index in [0.29, 0.717) is 37.1 Å². The van der Waals surface area contributed by atoms with Gasteiger partial charge in [-0.15, -0.1) is 0 Å². The second-order valence-corrected chi connectivity index (χ2v) is 7.68. The molecule has 1 N–H and O–H groups in total. The number of likely N-dealkylation sites (tertiary alicyclic amines) is 1. The highest BCUT2D eigenvalue weighted by Gasteiger charge is 2.42. The van der Waals surface area contributed by atoms with E-state index in [-0.39, 0.29) is 30.1 Å². The van der Waals surface area contributed by atoms with Gasteiger partial charge in [-0.25, -0.2) is 9.37 Å². The Kier molecular flexibility index (Phi) is 5.45. The number of anilines is 3. The zero-order valence-electron chi connectivity index (χ0n) is 16.9. The molecule has 2 aromatic rings. The van der Waals surface area contributed by atoms with Gasteiger partial charge in [-0.2, -0.15) is 4.98 Å². The molecule has 0 bridgehead atoms. The molecular weight excluding hydrogens is 387 g/mol. The Morgan fingerprint density at radius 3 is 2.73 bits per heavy atom. The molecule has 0 unspecified atom stereocenters. The number of benzene rings is 1. The SMILES string of the molecule is CN(C)C/C=C/C(=O)N1CC(N2C(=O)Cc3cnc(Nc4ccc(F)cc4)nc32)C1. The van der Waals surface area contributed by atoms with E-state index in [9.17, 15) is 14.0 Å². The fourth-order valence-corrected chi connectivity index (χ4v) is 3.46. The van der Waals surface area contributed by atoms with Crippen molar-refractivity contribution >= 4 is 29.3 Å². The molecule has 4 rings (SSSR count). The molecule has 2 aliphatic heterocycles. The van der Waals surface area contributed by atoms with E-state index >= 15 is 0 Å². The zero-order chi connectivity index (χ0) is 21.3. The molecule has 0 atom stereocenters. The van der Waals surface area contributed by atoms with Crippen molar-refractivity contribution in [1.82, 2.24) is 19.8 Å². The number of nitrogens with one attached hydrogen (secondary N) is 1. The standard InChI is InChI=1S/C21H23FN6O2/c1-26(2)9-3-4-18(29)27-12-17(13-27)28-19(30)10-14-11-23-21(25-20(14)28)24-16-7-5-15(22)6-8-16/h3-8,11,17H,9-10,12-13H2,1-2H3,(H,23,24,25)/b4-3+. The molecule has 0 aliphatic carbocycles. The average molecular weight is 410 g/mol. The van der Waals surface area contributed by atoms with Gasteiger partial charge in [0.15, 0.2) is 0 Å². The number of amides is 2. The lowest BCUT2D eigenvalue weighted by atomic mass is 10.1. The van der Waals surface area contributed by atoms with Crippen LogP contribution in [0.3, 0.4) is 0 Å². The Labute approximate surface area is 174 Å². The van der Waals surface area contributed by atoms with Gasteiger partial charge in [-0.3, -0.25) is 14.5 Å². The number of halogens is 1. The number of hydrogen-bond donors (Lipinski definition) is 1. The molecule has 8 nitrogen and oxygen atoms in total. The number of likely N-dealkylation sites (N-methyl/N-ethyl adjacent to an activating group) is 1. The van der Waals surface area contributed by atoms with Crippen LogP contribution >= 0.6 is 0 Å². The lowest BCUT2D eigenvalue weighted by Crippen LogP contribution is -2.61. The van der Waals surface area contributed by atoms with Gasteiger partial charge in [0.05, 0.1) is 12.5 Å². The minimum Gasteiger partial charge on any atom is -0.335 e. The quantitative estimate of drug-likeness (QED) is 0.729. The number of aromatic nitrogens is 2. The van der Waals surface area contributed by atoms with Gasteiger partial charge in [0, 0.05) is 43.2 Å². The highest BCUT2D eigenvalue weighted by atomic mass is 19.1. The maximum Gasteiger partial charge on any atom is 0.246 e. The zero-order valence-corrected chi connectivity index (χ0v) is 16.9. The highest BCUT2D eigenvalue weighted by Crippen LogP contribution is 2.32. The second-order valence-electron chi connectivity index (χ2n) is 7.68. The van der Waals surface area contributed by atoms with Crippen LogP contribution in [0.25, 0.3) is 0 Å². The summed E-state index contributed by atoms with van der Waals surface area (Å²) in [6.45, 7) is 1.64. The number of hydrogen-bond acceptors (Lipinski definition) is 6. The summed E-state index contributed by atoms with van der Waals surface area (Å²) in [7, 11) is 3.87. The number of rotatable bonds is 6. The van der Waals surface area contributed by atoms with Crippen LogP contribution in [0.5, 0.6) is 0 Å². The minimum absolute atomic E-state index is 0.0431. The summed E-state index contributed by atoms with van der Waals surface area (Å²) in [6, 6.07) is 5.78. The molecule has 9 heteroatoms. The third-order valence-corrected chi connectivity index (χ3v) is 5.05. The first-order valence-corrected chi connectivity index (χ1v) is 9.71. The van der Waals surface area contributed by atoms with Gasteiger partial charge in [0.1, 0.15) is 11.6 Å². The average Bonchev–Trinajstić information content (AvgIpc) is 2.98. The fraction of sp³-hybridized carbons (Fsp3) is 0.333. The summed E-state index contributed by atoms with van der Waals surface area (Å²) in [5, 5.41) is 3.03. The minimum atomic E-state index is -0.326. The maximum atomic E-state index is 13.1. The van der Waals surface area contributed by atoms with Crippen LogP contribution in [-0.2, 0) is 16.0 Å². The molecular formula is C21H23FN6O2. The number of carbonyl (C=O) groups excluding carboxylic acids is 2. The summed E-state index contributed by atoms with van der Waals surface area (Å²) < 4.78 is 13.1. The third kappa shape index (κ3) is 4.16. The topological polar surface area (TPSA) is 81.7 Å². The van der Waals surface area contributed by atoms with Crippen molar-refractivity contribution in [2.45, 2.75) is 12.5 Å². The summed E-state index contributed by atoms with van der Waals surface area (Å²) in [5.41, 5.74) is 1.41. The molecule has 0 radical (unpaired) electrons. The van der Waals surface area contributed by atoms with E-state index in [1.807, 2.05) is 25.1 Å². The Morgan fingerprint density at radius 1 is 1.30 bits per heavy atom. The van der Waals surface area contributed by atoms with E-state index in [1.54, 1.807) is 34.2 Å². The van der Waals surface area contributed by atoms with Crippen molar-refractivity contribution in [3.8, 4) is 0 Å². The Bertz CT molecular complexity index is 985. The van der Waals surface area contributed by atoms with Gasteiger partial charge < -0.3 is 15.1 Å². The van der Waals surface area contributed by atoms with Crippen molar-refractivity contribution in [3.05, 3.63) is 54.0 Å². The summed E-state index contributed by atoms with van der Waals surface area (Å²) in [5.74, 6) is 0.478. The largest absolute Gasteiger partial charge is 0.335 e. The molecule has 1 aromatic carbocycles. The molecule has 30 heavy (non-hydrogen) atoms. The van der Waals surface area contributed by atoms with E-state index in [0.717, 1.165) is 5.56 Å². The molecule has 1 aromatic heterocycles.